The van der Waals surface area contributed by atoms with Crippen LogP contribution in [0, 0.1) is 12.7 Å². The molecule has 3 heterocycles. The molecular weight excluding hydrogens is 367 g/mol. The van der Waals surface area contributed by atoms with Crippen LogP contribution in [0.5, 0.6) is 5.88 Å². The van der Waals surface area contributed by atoms with Gasteiger partial charge in [-0.05, 0) is 25.1 Å². The van der Waals surface area contributed by atoms with Crippen LogP contribution in [-0.4, -0.2) is 44.0 Å². The third kappa shape index (κ3) is 3.65. The number of rotatable bonds is 6. The molecule has 0 radical (unpaired) electrons. The van der Waals surface area contributed by atoms with Gasteiger partial charge in [0.2, 0.25) is 5.88 Å². The molecule has 0 fully saturated rings. The standard InChI is InChI=1S/C18H15FN6O3/c1-11-9-14(24-28-11)18(26)20-7-8-27-16-6-5-15-21-22-17(25(15)23-16)12-3-2-4-13(19)10-12/h2-6,9-10H,7-8H2,1H3,(H,20,26). The Bertz CT molecular complexity index is 1140. The molecule has 0 bridgehead atoms. The van der Waals surface area contributed by atoms with Crippen LogP contribution in [0.3, 0.4) is 0 Å². The van der Waals surface area contributed by atoms with Gasteiger partial charge in [0.25, 0.3) is 5.91 Å². The van der Waals surface area contributed by atoms with Crippen LogP contribution in [0.25, 0.3) is 17.0 Å². The first kappa shape index (κ1) is 17.6. The van der Waals surface area contributed by atoms with Crippen molar-refractivity contribution in [2.45, 2.75) is 6.92 Å². The van der Waals surface area contributed by atoms with Crippen LogP contribution in [0.1, 0.15) is 16.2 Å². The lowest BCUT2D eigenvalue weighted by molar-refractivity contribution is 0.0937. The van der Waals surface area contributed by atoms with E-state index in [0.29, 0.717) is 28.7 Å². The van der Waals surface area contributed by atoms with Crippen LogP contribution < -0.4 is 10.1 Å². The number of hydrogen-bond donors (Lipinski definition) is 1. The molecule has 1 N–H and O–H groups in total. The Morgan fingerprint density at radius 2 is 2.14 bits per heavy atom. The summed E-state index contributed by atoms with van der Waals surface area (Å²) >= 11 is 0. The molecule has 28 heavy (non-hydrogen) atoms. The molecule has 0 unspecified atom stereocenters. The zero-order valence-electron chi connectivity index (χ0n) is 14.8. The number of aromatic nitrogens is 5. The molecule has 0 atom stereocenters. The maximum Gasteiger partial charge on any atom is 0.273 e. The number of hydrogen-bond acceptors (Lipinski definition) is 7. The van der Waals surface area contributed by atoms with Crippen molar-refractivity contribution in [2.24, 2.45) is 0 Å². The van der Waals surface area contributed by atoms with Crippen molar-refractivity contribution in [3.63, 3.8) is 0 Å². The summed E-state index contributed by atoms with van der Waals surface area (Å²) in [6, 6.07) is 10.9. The Hall–Kier alpha value is -3.82. The van der Waals surface area contributed by atoms with Crippen LogP contribution in [-0.2, 0) is 0 Å². The summed E-state index contributed by atoms with van der Waals surface area (Å²) in [6.07, 6.45) is 0. The Kier molecular flexibility index (Phi) is 4.67. The van der Waals surface area contributed by atoms with Crippen LogP contribution in [0.15, 0.2) is 47.0 Å². The third-order valence-corrected chi connectivity index (χ3v) is 3.82. The zero-order chi connectivity index (χ0) is 19.5. The number of ether oxygens (including phenoxy) is 1. The van der Waals surface area contributed by atoms with E-state index in [1.165, 1.54) is 16.6 Å². The predicted molar refractivity (Wildman–Crippen MR) is 95.2 cm³/mol. The first-order chi connectivity index (χ1) is 13.6. The molecule has 0 saturated heterocycles. The Morgan fingerprint density at radius 1 is 1.25 bits per heavy atom. The summed E-state index contributed by atoms with van der Waals surface area (Å²) in [5, 5.41) is 18.7. The van der Waals surface area contributed by atoms with E-state index in [4.69, 9.17) is 9.26 Å². The van der Waals surface area contributed by atoms with Gasteiger partial charge in [0.15, 0.2) is 17.2 Å². The number of nitrogens with one attached hydrogen (secondary N) is 1. The molecular formula is C18H15FN6O3. The summed E-state index contributed by atoms with van der Waals surface area (Å²) in [7, 11) is 0. The number of amides is 1. The van der Waals surface area contributed by atoms with Gasteiger partial charge < -0.3 is 14.6 Å². The summed E-state index contributed by atoms with van der Waals surface area (Å²) in [4.78, 5) is 11.9. The van der Waals surface area contributed by atoms with E-state index in [2.05, 4.69) is 25.8 Å². The van der Waals surface area contributed by atoms with E-state index in [0.717, 1.165) is 0 Å². The fourth-order valence-electron chi connectivity index (χ4n) is 2.54. The van der Waals surface area contributed by atoms with Crippen molar-refractivity contribution >= 4 is 11.6 Å². The number of nitrogens with zero attached hydrogens (tertiary/aromatic N) is 5. The molecule has 0 spiro atoms. The fraction of sp³-hybridized carbons (Fsp3) is 0.167. The highest BCUT2D eigenvalue weighted by Crippen LogP contribution is 2.19. The fourth-order valence-corrected chi connectivity index (χ4v) is 2.54. The first-order valence-electron chi connectivity index (χ1n) is 8.43. The van der Waals surface area contributed by atoms with Gasteiger partial charge in [0, 0.05) is 17.7 Å². The monoisotopic (exact) mass is 382 g/mol. The van der Waals surface area contributed by atoms with Crippen LogP contribution >= 0.6 is 0 Å². The molecule has 4 aromatic rings. The van der Waals surface area contributed by atoms with Gasteiger partial charge in [0.1, 0.15) is 18.2 Å². The normalized spacial score (nSPS) is 10.9. The second kappa shape index (κ2) is 7.43. The quantitative estimate of drug-likeness (QED) is 0.509. The van der Waals surface area contributed by atoms with E-state index in [9.17, 15) is 9.18 Å². The molecule has 0 aliphatic rings. The van der Waals surface area contributed by atoms with Gasteiger partial charge in [0.05, 0.1) is 6.54 Å². The minimum Gasteiger partial charge on any atom is -0.475 e. The molecule has 10 heteroatoms. The van der Waals surface area contributed by atoms with E-state index in [-0.39, 0.29) is 30.6 Å². The van der Waals surface area contributed by atoms with E-state index in [1.54, 1.807) is 37.3 Å². The number of aryl methyl sites for hydroxylation is 1. The second-order valence-corrected chi connectivity index (χ2v) is 5.90. The van der Waals surface area contributed by atoms with Gasteiger partial charge in [-0.25, -0.2) is 4.39 Å². The largest absolute Gasteiger partial charge is 0.475 e. The molecule has 4 rings (SSSR count). The maximum absolute atomic E-state index is 13.5. The summed E-state index contributed by atoms with van der Waals surface area (Å²) in [5.41, 5.74) is 1.26. The van der Waals surface area contributed by atoms with Crippen molar-refractivity contribution < 1.29 is 18.4 Å². The Morgan fingerprint density at radius 3 is 2.93 bits per heavy atom. The van der Waals surface area contributed by atoms with E-state index < -0.39 is 0 Å². The highest BCUT2D eigenvalue weighted by Gasteiger charge is 2.12. The molecule has 0 aliphatic carbocycles. The van der Waals surface area contributed by atoms with Gasteiger partial charge >= 0.3 is 0 Å². The predicted octanol–water partition coefficient (Wildman–Crippen LogP) is 2.04. The van der Waals surface area contributed by atoms with E-state index in [1.807, 2.05) is 0 Å². The second-order valence-electron chi connectivity index (χ2n) is 5.90. The van der Waals surface area contributed by atoms with Gasteiger partial charge in [-0.1, -0.05) is 17.3 Å². The van der Waals surface area contributed by atoms with Gasteiger partial charge in [-0.3, -0.25) is 4.79 Å². The topological polar surface area (TPSA) is 107 Å². The molecule has 1 aromatic carbocycles. The van der Waals surface area contributed by atoms with Crippen molar-refractivity contribution in [3.05, 3.63) is 59.7 Å². The Labute approximate surface area is 158 Å². The number of carbonyl (C=O) groups excluding carboxylic acids is 1. The average Bonchev–Trinajstić information content (AvgIpc) is 3.31. The lowest BCUT2D eigenvalue weighted by atomic mass is 10.2. The SMILES string of the molecule is Cc1cc(C(=O)NCCOc2ccc3nnc(-c4cccc(F)c4)n3n2)no1. The third-order valence-electron chi connectivity index (χ3n) is 3.82. The number of fused-ring (bicyclic) bond motifs is 1. The van der Waals surface area contributed by atoms with Gasteiger partial charge in [-0.2, -0.15) is 4.52 Å². The summed E-state index contributed by atoms with van der Waals surface area (Å²) in [5.74, 6) is 0.545. The number of benzene rings is 1. The lowest BCUT2D eigenvalue weighted by Gasteiger charge is -2.07. The molecule has 0 aliphatic heterocycles. The lowest BCUT2D eigenvalue weighted by Crippen LogP contribution is -2.28. The smallest absolute Gasteiger partial charge is 0.273 e. The average molecular weight is 382 g/mol. The first-order valence-corrected chi connectivity index (χ1v) is 8.43. The minimum atomic E-state index is -0.375. The van der Waals surface area contributed by atoms with Crippen molar-refractivity contribution in [2.75, 3.05) is 13.2 Å². The Balaban J connectivity index is 1.42. The summed E-state index contributed by atoms with van der Waals surface area (Å²) < 4.78 is 25.4. The van der Waals surface area contributed by atoms with Crippen molar-refractivity contribution in [3.8, 4) is 17.3 Å². The zero-order valence-corrected chi connectivity index (χ0v) is 14.8. The molecule has 9 nitrogen and oxygen atoms in total. The molecule has 0 saturated carbocycles. The van der Waals surface area contributed by atoms with Crippen LogP contribution in [0.4, 0.5) is 4.39 Å². The molecule has 1 amide bonds. The van der Waals surface area contributed by atoms with Crippen molar-refractivity contribution in [1.29, 1.82) is 0 Å². The summed E-state index contributed by atoms with van der Waals surface area (Å²) in [6.45, 7) is 2.15. The molecule has 142 valence electrons. The highest BCUT2D eigenvalue weighted by molar-refractivity contribution is 5.92. The van der Waals surface area contributed by atoms with E-state index >= 15 is 0 Å². The van der Waals surface area contributed by atoms with Gasteiger partial charge in [-0.15, -0.1) is 15.3 Å². The maximum atomic E-state index is 13.5. The minimum absolute atomic E-state index is 0.193. The number of halogens is 1. The van der Waals surface area contributed by atoms with Crippen LogP contribution in [0.2, 0.25) is 0 Å². The molecule has 3 aromatic heterocycles. The number of carbonyl (C=O) groups is 1. The highest BCUT2D eigenvalue weighted by atomic mass is 19.1. The van der Waals surface area contributed by atoms with Crippen molar-refractivity contribution in [1.82, 2.24) is 30.3 Å².